The van der Waals surface area contributed by atoms with E-state index in [1.54, 1.807) is 12.1 Å². The van der Waals surface area contributed by atoms with Crippen molar-refractivity contribution < 1.29 is 9.13 Å². The molecule has 1 aliphatic carbocycles. The fourth-order valence-electron chi connectivity index (χ4n) is 2.82. The molecule has 1 fully saturated rings. The first-order valence-electron chi connectivity index (χ1n) is 7.20. The first kappa shape index (κ1) is 12.7. The van der Waals surface area contributed by atoms with Crippen molar-refractivity contribution in [2.24, 2.45) is 0 Å². The highest BCUT2D eigenvalue weighted by molar-refractivity contribution is 5.59. The van der Waals surface area contributed by atoms with Crippen LogP contribution in [0, 0.1) is 5.82 Å². The zero-order valence-electron chi connectivity index (χ0n) is 11.8. The van der Waals surface area contributed by atoms with E-state index in [9.17, 15) is 4.39 Å². The third kappa shape index (κ3) is 2.17. The summed E-state index contributed by atoms with van der Waals surface area (Å²) in [6.45, 7) is 1.64. The van der Waals surface area contributed by atoms with Crippen LogP contribution in [0.1, 0.15) is 35.7 Å². The van der Waals surface area contributed by atoms with Crippen LogP contribution in [0.4, 0.5) is 4.39 Å². The van der Waals surface area contributed by atoms with Gasteiger partial charge in [0.2, 0.25) is 0 Å². The number of aromatic nitrogens is 2. The van der Waals surface area contributed by atoms with E-state index in [0.717, 1.165) is 24.3 Å². The Balaban J connectivity index is 1.83. The van der Waals surface area contributed by atoms with Crippen molar-refractivity contribution in [1.82, 2.24) is 15.3 Å². The smallest absolute Gasteiger partial charge is 0.165 e. The lowest BCUT2D eigenvalue weighted by Crippen LogP contribution is -2.03. The molecule has 1 aromatic carbocycles. The Kier molecular flexibility index (Phi) is 2.89. The highest BCUT2D eigenvalue weighted by Gasteiger charge is 2.31. The summed E-state index contributed by atoms with van der Waals surface area (Å²) in [4.78, 5) is 9.40. The van der Waals surface area contributed by atoms with Gasteiger partial charge in [0.15, 0.2) is 17.4 Å². The van der Waals surface area contributed by atoms with Crippen molar-refractivity contribution >= 4 is 0 Å². The number of halogens is 1. The zero-order chi connectivity index (χ0) is 14.4. The molecule has 4 nitrogen and oxygen atoms in total. The van der Waals surface area contributed by atoms with Crippen molar-refractivity contribution in [2.75, 3.05) is 7.11 Å². The van der Waals surface area contributed by atoms with E-state index in [0.29, 0.717) is 11.7 Å². The van der Waals surface area contributed by atoms with Crippen LogP contribution in [-0.4, -0.2) is 17.1 Å². The summed E-state index contributed by atoms with van der Waals surface area (Å²) in [7, 11) is 1.46. The zero-order valence-corrected chi connectivity index (χ0v) is 11.8. The quantitative estimate of drug-likeness (QED) is 0.942. The Labute approximate surface area is 122 Å². The summed E-state index contributed by atoms with van der Waals surface area (Å²) in [5, 5.41) is 3.33. The Morgan fingerprint density at radius 2 is 2.10 bits per heavy atom. The van der Waals surface area contributed by atoms with Crippen molar-refractivity contribution in [1.29, 1.82) is 0 Å². The first-order valence-corrected chi connectivity index (χ1v) is 7.20. The molecular formula is C16H16FN3O. The van der Waals surface area contributed by atoms with E-state index in [2.05, 4.69) is 10.3 Å². The number of nitrogens with one attached hydrogen (secondary N) is 1. The Bertz CT molecular complexity index is 713. The molecule has 0 bridgehead atoms. The molecule has 1 aromatic heterocycles. The summed E-state index contributed by atoms with van der Waals surface area (Å²) in [5.41, 5.74) is 4.30. The maximum absolute atomic E-state index is 13.5. The number of benzene rings is 1. The van der Waals surface area contributed by atoms with Crippen molar-refractivity contribution in [3.05, 3.63) is 41.0 Å². The van der Waals surface area contributed by atoms with Crippen LogP contribution in [0.3, 0.4) is 0 Å². The second-order valence-corrected chi connectivity index (χ2v) is 5.58. The molecule has 1 N–H and O–H groups in total. The monoisotopic (exact) mass is 285 g/mol. The molecule has 0 unspecified atom stereocenters. The van der Waals surface area contributed by atoms with Gasteiger partial charge in [-0.1, -0.05) is 0 Å². The van der Waals surface area contributed by atoms with Crippen molar-refractivity contribution in [3.8, 4) is 17.1 Å². The SMILES string of the molecule is COc1cc(-c2nc3c(c(C4CC4)n2)CNC3)ccc1F. The molecule has 2 heterocycles. The summed E-state index contributed by atoms with van der Waals surface area (Å²) in [6, 6.07) is 4.77. The number of rotatable bonds is 3. The maximum Gasteiger partial charge on any atom is 0.165 e. The lowest BCUT2D eigenvalue weighted by atomic mass is 10.1. The van der Waals surface area contributed by atoms with Gasteiger partial charge in [0, 0.05) is 30.1 Å². The molecule has 2 aromatic rings. The van der Waals surface area contributed by atoms with E-state index in [4.69, 9.17) is 9.72 Å². The Morgan fingerprint density at radius 1 is 1.24 bits per heavy atom. The van der Waals surface area contributed by atoms with E-state index >= 15 is 0 Å². The highest BCUT2D eigenvalue weighted by atomic mass is 19.1. The fraction of sp³-hybridized carbons (Fsp3) is 0.375. The van der Waals surface area contributed by atoms with Crippen molar-refractivity contribution in [3.63, 3.8) is 0 Å². The minimum absolute atomic E-state index is 0.225. The number of fused-ring (bicyclic) bond motifs is 1. The van der Waals surface area contributed by atoms with Crippen molar-refractivity contribution in [2.45, 2.75) is 31.8 Å². The van der Waals surface area contributed by atoms with Gasteiger partial charge in [-0.3, -0.25) is 0 Å². The third-order valence-electron chi connectivity index (χ3n) is 4.09. The second kappa shape index (κ2) is 4.77. The van der Waals surface area contributed by atoms with Crippen LogP contribution in [0.15, 0.2) is 18.2 Å². The minimum Gasteiger partial charge on any atom is -0.494 e. The number of hydrogen-bond donors (Lipinski definition) is 1. The maximum atomic E-state index is 13.5. The second-order valence-electron chi connectivity index (χ2n) is 5.58. The summed E-state index contributed by atoms with van der Waals surface area (Å²) < 4.78 is 18.6. The molecule has 0 atom stereocenters. The van der Waals surface area contributed by atoms with Gasteiger partial charge < -0.3 is 10.1 Å². The van der Waals surface area contributed by atoms with Gasteiger partial charge in [-0.05, 0) is 31.0 Å². The van der Waals surface area contributed by atoms with Gasteiger partial charge in [-0.2, -0.15) is 0 Å². The first-order chi connectivity index (χ1) is 10.3. The van der Waals surface area contributed by atoms with E-state index < -0.39 is 0 Å². The molecule has 4 rings (SSSR count). The number of hydrogen-bond acceptors (Lipinski definition) is 4. The number of methoxy groups -OCH3 is 1. The van der Waals surface area contributed by atoms with Crippen LogP contribution in [-0.2, 0) is 13.1 Å². The number of nitrogens with zero attached hydrogens (tertiary/aromatic N) is 2. The molecule has 21 heavy (non-hydrogen) atoms. The summed E-state index contributed by atoms with van der Waals surface area (Å²) in [5.74, 6) is 1.09. The number of ether oxygens (including phenoxy) is 1. The van der Waals surface area contributed by atoms with E-state index in [1.165, 1.54) is 37.3 Å². The predicted octanol–water partition coefficient (Wildman–Crippen LogP) is 2.77. The third-order valence-corrected chi connectivity index (χ3v) is 4.09. The summed E-state index contributed by atoms with van der Waals surface area (Å²) >= 11 is 0. The molecule has 2 aliphatic rings. The molecule has 0 amide bonds. The van der Waals surface area contributed by atoms with Crippen LogP contribution < -0.4 is 10.1 Å². The average Bonchev–Trinajstić information content (AvgIpc) is 3.24. The normalized spacial score (nSPS) is 16.9. The summed E-state index contributed by atoms with van der Waals surface area (Å²) in [6.07, 6.45) is 2.41. The molecular weight excluding hydrogens is 269 g/mol. The molecule has 1 saturated carbocycles. The lowest BCUT2D eigenvalue weighted by Gasteiger charge is -2.10. The Morgan fingerprint density at radius 3 is 2.86 bits per heavy atom. The Hall–Kier alpha value is -2.01. The fourth-order valence-corrected chi connectivity index (χ4v) is 2.82. The molecule has 108 valence electrons. The molecule has 5 heteroatoms. The largest absolute Gasteiger partial charge is 0.494 e. The molecule has 0 spiro atoms. The lowest BCUT2D eigenvalue weighted by molar-refractivity contribution is 0.386. The van der Waals surface area contributed by atoms with Crippen LogP contribution in [0.2, 0.25) is 0 Å². The average molecular weight is 285 g/mol. The van der Waals surface area contributed by atoms with Gasteiger partial charge in [0.1, 0.15) is 0 Å². The van der Waals surface area contributed by atoms with E-state index in [-0.39, 0.29) is 11.6 Å². The van der Waals surface area contributed by atoms with E-state index in [1.807, 2.05) is 0 Å². The molecule has 0 radical (unpaired) electrons. The topological polar surface area (TPSA) is 47.0 Å². The highest BCUT2D eigenvalue weighted by Crippen LogP contribution is 2.42. The van der Waals surface area contributed by atoms with Gasteiger partial charge in [0.25, 0.3) is 0 Å². The standard InChI is InChI=1S/C16H16FN3O/c1-21-14-6-10(4-5-12(14)17)16-19-13-8-18-7-11(13)15(20-16)9-2-3-9/h4-6,9,18H,2-3,7-8H2,1H3. The van der Waals surface area contributed by atoms with Crippen LogP contribution in [0.25, 0.3) is 11.4 Å². The predicted molar refractivity (Wildman–Crippen MR) is 76.5 cm³/mol. The minimum atomic E-state index is -0.369. The van der Waals surface area contributed by atoms with Gasteiger partial charge in [-0.15, -0.1) is 0 Å². The van der Waals surface area contributed by atoms with Gasteiger partial charge in [-0.25, -0.2) is 14.4 Å². The molecule has 1 aliphatic heterocycles. The van der Waals surface area contributed by atoms with Crippen LogP contribution >= 0.6 is 0 Å². The van der Waals surface area contributed by atoms with Gasteiger partial charge in [0.05, 0.1) is 18.5 Å². The van der Waals surface area contributed by atoms with Gasteiger partial charge >= 0.3 is 0 Å². The van der Waals surface area contributed by atoms with Crippen LogP contribution in [0.5, 0.6) is 5.75 Å². The molecule has 0 saturated heterocycles.